The molecule has 0 amide bonds. The standard InChI is InChI=1S/C15H18O3/c16-11-6-15(14(17)18-11)5-9-4-10(15)13-8-2-1-7(3-8)12(9)13/h7-10,12-13H,1-6H2. The lowest BCUT2D eigenvalue weighted by molar-refractivity contribution is -0.157. The molecule has 1 aliphatic heterocycles. The fourth-order valence-corrected chi connectivity index (χ4v) is 6.76. The second-order valence-corrected chi connectivity index (χ2v) is 7.39. The third kappa shape index (κ3) is 0.896. The van der Waals surface area contributed by atoms with Crippen LogP contribution in [0.1, 0.15) is 38.5 Å². The molecule has 4 aliphatic carbocycles. The lowest BCUT2D eigenvalue weighted by Gasteiger charge is -2.41. The van der Waals surface area contributed by atoms with Crippen LogP contribution in [0.5, 0.6) is 0 Å². The van der Waals surface area contributed by atoms with Crippen molar-refractivity contribution in [2.75, 3.05) is 0 Å². The summed E-state index contributed by atoms with van der Waals surface area (Å²) in [5.41, 5.74) is -0.382. The van der Waals surface area contributed by atoms with E-state index >= 15 is 0 Å². The molecule has 0 aromatic heterocycles. The Morgan fingerprint density at radius 2 is 1.78 bits per heavy atom. The zero-order valence-electron chi connectivity index (χ0n) is 10.4. The summed E-state index contributed by atoms with van der Waals surface area (Å²) in [6, 6.07) is 0. The van der Waals surface area contributed by atoms with E-state index in [1.165, 1.54) is 25.7 Å². The van der Waals surface area contributed by atoms with Crippen LogP contribution in [0.4, 0.5) is 0 Å². The fourth-order valence-electron chi connectivity index (χ4n) is 6.76. The highest BCUT2D eigenvalue weighted by atomic mass is 16.6. The maximum Gasteiger partial charge on any atom is 0.320 e. The lowest BCUT2D eigenvalue weighted by Crippen LogP contribution is -2.42. The van der Waals surface area contributed by atoms with Gasteiger partial charge in [0.25, 0.3) is 0 Å². The normalized spacial score (nSPS) is 59.8. The average molecular weight is 246 g/mol. The van der Waals surface area contributed by atoms with Gasteiger partial charge in [0.1, 0.15) is 0 Å². The van der Waals surface area contributed by atoms with Gasteiger partial charge in [-0.2, -0.15) is 0 Å². The summed E-state index contributed by atoms with van der Waals surface area (Å²) in [6.45, 7) is 0. The Labute approximate surface area is 106 Å². The van der Waals surface area contributed by atoms with Crippen LogP contribution < -0.4 is 0 Å². The summed E-state index contributed by atoms with van der Waals surface area (Å²) in [4.78, 5) is 23.7. The van der Waals surface area contributed by atoms with E-state index in [0.717, 1.165) is 30.1 Å². The zero-order chi connectivity index (χ0) is 12.1. The Morgan fingerprint density at radius 1 is 1.00 bits per heavy atom. The van der Waals surface area contributed by atoms with Gasteiger partial charge in [-0.1, -0.05) is 0 Å². The van der Waals surface area contributed by atoms with Gasteiger partial charge in [-0.15, -0.1) is 0 Å². The van der Waals surface area contributed by atoms with Crippen LogP contribution >= 0.6 is 0 Å². The first-order valence-corrected chi connectivity index (χ1v) is 7.44. The molecule has 5 rings (SSSR count). The minimum atomic E-state index is -0.382. The van der Waals surface area contributed by atoms with Crippen LogP contribution in [-0.4, -0.2) is 11.9 Å². The van der Waals surface area contributed by atoms with Crippen LogP contribution in [0.2, 0.25) is 0 Å². The number of esters is 2. The molecule has 4 saturated carbocycles. The van der Waals surface area contributed by atoms with Gasteiger partial charge in [0.05, 0.1) is 11.8 Å². The van der Waals surface area contributed by atoms with E-state index in [4.69, 9.17) is 4.74 Å². The molecule has 3 nitrogen and oxygen atoms in total. The Bertz CT molecular complexity index is 470. The van der Waals surface area contributed by atoms with Crippen molar-refractivity contribution >= 4 is 11.9 Å². The number of carbonyl (C=O) groups excluding carboxylic acids is 2. The summed E-state index contributed by atoms with van der Waals surface area (Å²) >= 11 is 0. The number of rotatable bonds is 0. The van der Waals surface area contributed by atoms with E-state index in [1.807, 2.05) is 0 Å². The van der Waals surface area contributed by atoms with E-state index < -0.39 is 0 Å². The number of cyclic esters (lactones) is 2. The minimum Gasteiger partial charge on any atom is -0.393 e. The van der Waals surface area contributed by atoms with Crippen molar-refractivity contribution in [1.29, 1.82) is 0 Å². The predicted octanol–water partition coefficient (Wildman–Crippen LogP) is 2.15. The van der Waals surface area contributed by atoms with E-state index in [1.54, 1.807) is 0 Å². The highest BCUT2D eigenvalue weighted by Crippen LogP contribution is 2.73. The van der Waals surface area contributed by atoms with Crippen molar-refractivity contribution in [3.05, 3.63) is 0 Å². The molecule has 5 fully saturated rings. The van der Waals surface area contributed by atoms with Crippen molar-refractivity contribution < 1.29 is 14.3 Å². The van der Waals surface area contributed by atoms with Crippen molar-refractivity contribution in [2.24, 2.45) is 40.9 Å². The third-order valence-corrected chi connectivity index (χ3v) is 7.02. The molecule has 1 heterocycles. The number of carbonyl (C=O) groups is 2. The highest BCUT2D eigenvalue weighted by molar-refractivity contribution is 5.98. The summed E-state index contributed by atoms with van der Waals surface area (Å²) in [5, 5.41) is 0. The van der Waals surface area contributed by atoms with Crippen LogP contribution in [-0.2, 0) is 14.3 Å². The summed E-state index contributed by atoms with van der Waals surface area (Å²) in [6.07, 6.45) is 6.73. The average Bonchev–Trinajstić information content (AvgIpc) is 3.07. The smallest absolute Gasteiger partial charge is 0.320 e. The van der Waals surface area contributed by atoms with E-state index in [-0.39, 0.29) is 17.4 Å². The molecule has 1 spiro atoms. The van der Waals surface area contributed by atoms with Gasteiger partial charge in [-0.05, 0) is 67.6 Å². The fraction of sp³-hybridized carbons (Fsp3) is 0.867. The van der Waals surface area contributed by atoms with Gasteiger partial charge >= 0.3 is 11.9 Å². The van der Waals surface area contributed by atoms with Crippen LogP contribution in [0.25, 0.3) is 0 Å². The van der Waals surface area contributed by atoms with E-state index in [0.29, 0.717) is 18.3 Å². The molecule has 18 heavy (non-hydrogen) atoms. The number of hydrogen-bond donors (Lipinski definition) is 0. The van der Waals surface area contributed by atoms with Crippen LogP contribution in [0, 0.1) is 40.9 Å². The van der Waals surface area contributed by atoms with Gasteiger partial charge in [0.2, 0.25) is 0 Å². The zero-order valence-corrected chi connectivity index (χ0v) is 10.4. The van der Waals surface area contributed by atoms with E-state index in [2.05, 4.69) is 0 Å². The van der Waals surface area contributed by atoms with Crippen molar-refractivity contribution in [2.45, 2.75) is 38.5 Å². The topological polar surface area (TPSA) is 43.4 Å². The van der Waals surface area contributed by atoms with Gasteiger partial charge in [-0.3, -0.25) is 9.59 Å². The van der Waals surface area contributed by atoms with Crippen molar-refractivity contribution in [3.8, 4) is 0 Å². The molecular formula is C15H18O3. The van der Waals surface area contributed by atoms with Gasteiger partial charge in [0.15, 0.2) is 0 Å². The second kappa shape index (κ2) is 2.83. The Morgan fingerprint density at radius 3 is 2.50 bits per heavy atom. The Hall–Kier alpha value is -0.860. The Balaban J connectivity index is 1.57. The van der Waals surface area contributed by atoms with Gasteiger partial charge < -0.3 is 4.74 Å². The molecule has 96 valence electrons. The molecule has 3 heteroatoms. The number of ether oxygens (including phenoxy) is 1. The molecule has 0 N–H and O–H groups in total. The number of hydrogen-bond acceptors (Lipinski definition) is 3. The van der Waals surface area contributed by atoms with Crippen molar-refractivity contribution in [1.82, 2.24) is 0 Å². The Kier molecular flexibility index (Phi) is 1.57. The van der Waals surface area contributed by atoms with Crippen molar-refractivity contribution in [3.63, 3.8) is 0 Å². The molecule has 7 atom stereocenters. The second-order valence-electron chi connectivity index (χ2n) is 7.39. The summed E-state index contributed by atoms with van der Waals surface area (Å²) < 4.78 is 4.90. The molecule has 1 saturated heterocycles. The largest absolute Gasteiger partial charge is 0.393 e. The van der Waals surface area contributed by atoms with Crippen LogP contribution in [0.15, 0.2) is 0 Å². The summed E-state index contributed by atoms with van der Waals surface area (Å²) in [5.74, 6) is 4.18. The molecule has 7 unspecified atom stereocenters. The first-order chi connectivity index (χ1) is 8.69. The van der Waals surface area contributed by atoms with Crippen LogP contribution in [0.3, 0.4) is 0 Å². The molecule has 5 aliphatic rings. The molecule has 4 bridgehead atoms. The van der Waals surface area contributed by atoms with E-state index in [9.17, 15) is 9.59 Å². The quantitative estimate of drug-likeness (QED) is 0.373. The molecule has 0 radical (unpaired) electrons. The SMILES string of the molecule is O=C1CC2(CC3CC2C2C4CCC(C4)C32)C(=O)O1. The lowest BCUT2D eigenvalue weighted by atomic mass is 9.60. The monoisotopic (exact) mass is 246 g/mol. The van der Waals surface area contributed by atoms with Gasteiger partial charge in [-0.25, -0.2) is 0 Å². The first kappa shape index (κ1) is 9.99. The summed E-state index contributed by atoms with van der Waals surface area (Å²) in [7, 11) is 0. The predicted molar refractivity (Wildman–Crippen MR) is 62.2 cm³/mol. The maximum absolute atomic E-state index is 12.2. The number of fused-ring (bicyclic) bond motifs is 10. The van der Waals surface area contributed by atoms with Gasteiger partial charge in [0, 0.05) is 0 Å². The molecule has 0 aromatic carbocycles. The highest BCUT2D eigenvalue weighted by Gasteiger charge is 2.71. The maximum atomic E-state index is 12.2. The molecular weight excluding hydrogens is 228 g/mol. The molecule has 0 aromatic rings. The minimum absolute atomic E-state index is 0.179. The first-order valence-electron chi connectivity index (χ1n) is 7.44. The third-order valence-electron chi connectivity index (χ3n) is 7.02.